The largest absolute Gasteiger partial charge is 0.373 e. The molecule has 1 fully saturated rings. The molecule has 2 atom stereocenters. The summed E-state index contributed by atoms with van der Waals surface area (Å²) >= 11 is 3.47. The van der Waals surface area contributed by atoms with E-state index >= 15 is 0 Å². The Morgan fingerprint density at radius 3 is 2.59 bits per heavy atom. The number of hydrogen-bond acceptors (Lipinski definition) is 1. The summed E-state index contributed by atoms with van der Waals surface area (Å²) < 4.78 is 7.14. The lowest BCUT2D eigenvalue weighted by atomic mass is 9.91. The van der Waals surface area contributed by atoms with Crippen LogP contribution in [0.15, 0.2) is 28.7 Å². The number of halogens is 1. The quantitative estimate of drug-likeness (QED) is 0.750. The van der Waals surface area contributed by atoms with Gasteiger partial charge in [-0.3, -0.25) is 0 Å². The average Bonchev–Trinajstić information content (AvgIpc) is 2.38. The van der Waals surface area contributed by atoms with Crippen molar-refractivity contribution in [2.24, 2.45) is 5.92 Å². The van der Waals surface area contributed by atoms with Gasteiger partial charge in [0.1, 0.15) is 0 Å². The van der Waals surface area contributed by atoms with Gasteiger partial charge in [0.15, 0.2) is 0 Å². The van der Waals surface area contributed by atoms with Gasteiger partial charge in [-0.05, 0) is 42.9 Å². The van der Waals surface area contributed by atoms with Crippen LogP contribution in [-0.4, -0.2) is 6.61 Å². The second-order valence-corrected chi connectivity index (χ2v) is 5.87. The molecule has 2 unspecified atom stereocenters. The van der Waals surface area contributed by atoms with Crippen molar-refractivity contribution in [1.29, 1.82) is 0 Å². The highest BCUT2D eigenvalue weighted by Gasteiger charge is 2.22. The molecular weight excluding hydrogens is 276 g/mol. The maximum absolute atomic E-state index is 6.00. The van der Waals surface area contributed by atoms with Crippen molar-refractivity contribution in [3.8, 4) is 0 Å². The van der Waals surface area contributed by atoms with E-state index < -0.39 is 0 Å². The van der Waals surface area contributed by atoms with Crippen molar-refractivity contribution >= 4 is 15.9 Å². The zero-order valence-electron chi connectivity index (χ0n) is 10.5. The third kappa shape index (κ3) is 3.82. The molecule has 1 aromatic rings. The summed E-state index contributed by atoms with van der Waals surface area (Å²) in [7, 11) is 0. The number of unbranched alkanes of at least 4 members (excludes halogenated alkanes) is 1. The number of hydrogen-bond donors (Lipinski definition) is 0. The van der Waals surface area contributed by atoms with Crippen molar-refractivity contribution in [3.63, 3.8) is 0 Å². The Morgan fingerprint density at radius 1 is 1.24 bits per heavy atom. The van der Waals surface area contributed by atoms with Crippen LogP contribution in [0.5, 0.6) is 0 Å². The first-order valence-electron chi connectivity index (χ1n) is 6.66. The molecule has 0 aliphatic carbocycles. The minimum Gasteiger partial charge on any atom is -0.373 e. The molecule has 1 nitrogen and oxygen atoms in total. The summed E-state index contributed by atoms with van der Waals surface area (Å²) in [6.45, 7) is 3.20. The van der Waals surface area contributed by atoms with E-state index in [1.54, 1.807) is 0 Å². The summed E-state index contributed by atoms with van der Waals surface area (Å²) in [5.74, 6) is 0.793. The second kappa shape index (κ2) is 6.55. The van der Waals surface area contributed by atoms with Gasteiger partial charge in [-0.2, -0.15) is 0 Å². The van der Waals surface area contributed by atoms with Gasteiger partial charge in [-0.1, -0.05) is 47.8 Å². The van der Waals surface area contributed by atoms with E-state index in [-0.39, 0.29) is 0 Å². The van der Waals surface area contributed by atoms with E-state index in [9.17, 15) is 0 Å². The van der Waals surface area contributed by atoms with E-state index in [4.69, 9.17) is 4.74 Å². The predicted octanol–water partition coefficient (Wildman–Crippen LogP) is 5.11. The Morgan fingerprint density at radius 2 is 2.00 bits per heavy atom. The molecule has 0 spiro atoms. The summed E-state index contributed by atoms with van der Waals surface area (Å²) in [4.78, 5) is 0. The van der Waals surface area contributed by atoms with Crippen LogP contribution < -0.4 is 0 Å². The highest BCUT2D eigenvalue weighted by atomic mass is 79.9. The minimum atomic E-state index is 0.320. The van der Waals surface area contributed by atoms with Crippen LogP contribution in [0.1, 0.15) is 50.7 Å². The number of benzene rings is 1. The van der Waals surface area contributed by atoms with Crippen LogP contribution in [0.2, 0.25) is 0 Å². The van der Waals surface area contributed by atoms with Gasteiger partial charge in [0.2, 0.25) is 0 Å². The highest BCUT2D eigenvalue weighted by Crippen LogP contribution is 2.32. The Bertz CT molecular complexity index is 325. The Balaban J connectivity index is 1.84. The van der Waals surface area contributed by atoms with Gasteiger partial charge in [-0.15, -0.1) is 0 Å². The third-order valence-electron chi connectivity index (χ3n) is 3.58. The summed E-state index contributed by atoms with van der Waals surface area (Å²) in [6.07, 6.45) is 6.80. The molecule has 2 heteroatoms. The van der Waals surface area contributed by atoms with Gasteiger partial charge >= 0.3 is 0 Å². The topological polar surface area (TPSA) is 9.23 Å². The Kier molecular flexibility index (Phi) is 5.05. The van der Waals surface area contributed by atoms with E-state index in [2.05, 4.69) is 47.1 Å². The fourth-order valence-electron chi connectivity index (χ4n) is 2.47. The first-order chi connectivity index (χ1) is 8.29. The fraction of sp³-hybridized carbons (Fsp3) is 0.600. The molecule has 0 saturated carbocycles. The van der Waals surface area contributed by atoms with Crippen molar-refractivity contribution in [1.82, 2.24) is 0 Å². The lowest BCUT2D eigenvalue weighted by Gasteiger charge is -2.29. The zero-order chi connectivity index (χ0) is 12.1. The molecule has 0 aromatic heterocycles. The van der Waals surface area contributed by atoms with Crippen LogP contribution >= 0.6 is 15.9 Å². The lowest BCUT2D eigenvalue weighted by molar-refractivity contribution is -0.0198. The molecule has 1 aliphatic heterocycles. The predicted molar refractivity (Wildman–Crippen MR) is 75.1 cm³/mol. The molecule has 0 radical (unpaired) electrons. The van der Waals surface area contributed by atoms with Crippen molar-refractivity contribution in [2.45, 2.75) is 45.1 Å². The van der Waals surface area contributed by atoms with E-state index in [0.29, 0.717) is 6.10 Å². The Hall–Kier alpha value is -0.340. The lowest BCUT2D eigenvalue weighted by Crippen LogP contribution is -2.20. The van der Waals surface area contributed by atoms with Crippen LogP contribution in [0, 0.1) is 5.92 Å². The molecule has 1 aliphatic rings. The summed E-state index contributed by atoms with van der Waals surface area (Å²) in [5, 5.41) is 0. The standard InChI is InChI=1S/C15H21BrO/c1-2-3-4-12-5-10-15(17-11-12)13-6-8-14(16)9-7-13/h6-9,12,15H,2-5,10-11H2,1H3. The maximum Gasteiger partial charge on any atom is 0.0825 e. The first-order valence-corrected chi connectivity index (χ1v) is 7.46. The van der Waals surface area contributed by atoms with Crippen LogP contribution in [0.3, 0.4) is 0 Å². The molecule has 1 saturated heterocycles. The molecule has 0 amide bonds. The third-order valence-corrected chi connectivity index (χ3v) is 4.11. The summed E-state index contributed by atoms with van der Waals surface area (Å²) in [5.41, 5.74) is 1.32. The molecule has 1 aromatic carbocycles. The maximum atomic E-state index is 6.00. The molecule has 0 N–H and O–H groups in total. The van der Waals surface area contributed by atoms with E-state index in [0.717, 1.165) is 17.0 Å². The monoisotopic (exact) mass is 296 g/mol. The Labute approximate surface area is 113 Å². The van der Waals surface area contributed by atoms with Crippen molar-refractivity contribution in [2.75, 3.05) is 6.61 Å². The first kappa shape index (κ1) is 13.1. The zero-order valence-corrected chi connectivity index (χ0v) is 12.1. The van der Waals surface area contributed by atoms with E-state index in [1.165, 1.54) is 37.7 Å². The SMILES string of the molecule is CCCCC1CCC(c2ccc(Br)cc2)OC1. The fourth-order valence-corrected chi connectivity index (χ4v) is 2.73. The normalized spacial score (nSPS) is 24.8. The van der Waals surface area contributed by atoms with Crippen LogP contribution in [-0.2, 0) is 4.74 Å². The average molecular weight is 297 g/mol. The number of ether oxygens (including phenoxy) is 1. The van der Waals surface area contributed by atoms with Gasteiger partial charge in [-0.25, -0.2) is 0 Å². The van der Waals surface area contributed by atoms with Crippen molar-refractivity contribution in [3.05, 3.63) is 34.3 Å². The number of rotatable bonds is 4. The molecule has 1 heterocycles. The molecule has 2 rings (SSSR count). The van der Waals surface area contributed by atoms with Crippen LogP contribution in [0.25, 0.3) is 0 Å². The van der Waals surface area contributed by atoms with Gasteiger partial charge in [0.25, 0.3) is 0 Å². The van der Waals surface area contributed by atoms with Crippen molar-refractivity contribution < 1.29 is 4.74 Å². The van der Waals surface area contributed by atoms with Gasteiger partial charge < -0.3 is 4.74 Å². The van der Waals surface area contributed by atoms with Crippen LogP contribution in [0.4, 0.5) is 0 Å². The summed E-state index contributed by atoms with van der Waals surface area (Å²) in [6, 6.07) is 8.53. The smallest absolute Gasteiger partial charge is 0.0825 e. The second-order valence-electron chi connectivity index (χ2n) is 4.96. The molecule has 94 valence electrons. The minimum absolute atomic E-state index is 0.320. The molecule has 17 heavy (non-hydrogen) atoms. The van der Waals surface area contributed by atoms with Gasteiger partial charge in [0, 0.05) is 4.47 Å². The van der Waals surface area contributed by atoms with E-state index in [1.807, 2.05) is 0 Å². The highest BCUT2D eigenvalue weighted by molar-refractivity contribution is 9.10. The molecular formula is C15H21BrO. The van der Waals surface area contributed by atoms with Gasteiger partial charge in [0.05, 0.1) is 12.7 Å². The molecule has 0 bridgehead atoms.